The number of nitrogens with zero attached hydrogens (tertiary/aromatic N) is 1. The van der Waals surface area contributed by atoms with Crippen LogP contribution in [0.3, 0.4) is 0 Å². The molecule has 0 spiro atoms. The first-order valence-electron chi connectivity index (χ1n) is 3.83. The van der Waals surface area contributed by atoms with E-state index in [4.69, 9.17) is 0 Å². The van der Waals surface area contributed by atoms with Crippen molar-refractivity contribution in [1.29, 1.82) is 0 Å². The van der Waals surface area contributed by atoms with Gasteiger partial charge in [0.15, 0.2) is 0 Å². The first kappa shape index (κ1) is 7.61. The average molecular weight is 140 g/mol. The van der Waals surface area contributed by atoms with E-state index in [1.54, 1.807) is 0 Å². The highest BCUT2D eigenvalue weighted by Gasteiger charge is 2.22. The van der Waals surface area contributed by atoms with Crippen LogP contribution in [0.25, 0.3) is 0 Å². The van der Waals surface area contributed by atoms with Crippen LogP contribution in [0.5, 0.6) is 0 Å². The van der Waals surface area contributed by atoms with Crippen LogP contribution < -0.4 is 5.43 Å². The summed E-state index contributed by atoms with van der Waals surface area (Å²) in [4.78, 5) is 0. The molecule has 0 saturated heterocycles. The number of hydrogen-bond acceptors (Lipinski definition) is 2. The normalized spacial score (nSPS) is 27.4. The van der Waals surface area contributed by atoms with Gasteiger partial charge in [0, 0.05) is 12.7 Å². The van der Waals surface area contributed by atoms with E-state index in [-0.39, 0.29) is 0 Å². The third-order valence-electron chi connectivity index (χ3n) is 2.29. The van der Waals surface area contributed by atoms with Crippen molar-refractivity contribution in [3.63, 3.8) is 0 Å². The van der Waals surface area contributed by atoms with E-state index < -0.39 is 0 Å². The molecule has 1 aliphatic heterocycles. The molecule has 2 heteroatoms. The van der Waals surface area contributed by atoms with Gasteiger partial charge in [0.25, 0.3) is 0 Å². The molecular formula is C8H16N2. The molecule has 1 rings (SSSR count). The van der Waals surface area contributed by atoms with Crippen molar-refractivity contribution in [2.45, 2.75) is 33.2 Å². The predicted molar refractivity (Wildman–Crippen MR) is 43.4 cm³/mol. The Morgan fingerprint density at radius 1 is 1.50 bits per heavy atom. The van der Waals surface area contributed by atoms with Crippen LogP contribution in [0.1, 0.15) is 27.2 Å². The highest BCUT2D eigenvalue weighted by Crippen LogP contribution is 2.19. The topological polar surface area (TPSA) is 15.3 Å². The Kier molecular flexibility index (Phi) is 2.00. The molecule has 10 heavy (non-hydrogen) atoms. The molecule has 1 unspecified atom stereocenters. The molecule has 58 valence electrons. The van der Waals surface area contributed by atoms with Crippen LogP contribution in [0.2, 0.25) is 0 Å². The Morgan fingerprint density at radius 3 is 2.30 bits per heavy atom. The maximum Gasteiger partial charge on any atom is 0.0511 e. The van der Waals surface area contributed by atoms with Gasteiger partial charge in [0.1, 0.15) is 0 Å². The monoisotopic (exact) mass is 140 g/mol. The summed E-state index contributed by atoms with van der Waals surface area (Å²) in [6.45, 7) is 6.53. The van der Waals surface area contributed by atoms with Crippen LogP contribution >= 0.6 is 0 Å². The largest absolute Gasteiger partial charge is 0.323 e. The quantitative estimate of drug-likeness (QED) is 0.594. The Balaban J connectivity index is 2.72. The van der Waals surface area contributed by atoms with E-state index >= 15 is 0 Å². The average Bonchev–Trinajstić information content (AvgIpc) is 2.09. The number of nitrogens with one attached hydrogen (secondary N) is 1. The lowest BCUT2D eigenvalue weighted by molar-refractivity contribution is 0.237. The van der Waals surface area contributed by atoms with Gasteiger partial charge >= 0.3 is 0 Å². The van der Waals surface area contributed by atoms with Gasteiger partial charge in [-0.2, -0.15) is 0 Å². The van der Waals surface area contributed by atoms with Gasteiger partial charge < -0.3 is 5.43 Å². The molecular weight excluding hydrogens is 124 g/mol. The van der Waals surface area contributed by atoms with Crippen molar-refractivity contribution in [2.75, 3.05) is 7.05 Å². The third kappa shape index (κ3) is 1.03. The first-order chi connectivity index (χ1) is 4.66. The van der Waals surface area contributed by atoms with Crippen molar-refractivity contribution >= 4 is 0 Å². The van der Waals surface area contributed by atoms with Gasteiger partial charge in [-0.1, -0.05) is 6.92 Å². The smallest absolute Gasteiger partial charge is 0.0511 e. The second-order valence-electron chi connectivity index (χ2n) is 2.95. The number of rotatable bonds is 1. The Morgan fingerprint density at radius 2 is 2.10 bits per heavy atom. The summed E-state index contributed by atoms with van der Waals surface area (Å²) in [7, 11) is 2.09. The molecule has 0 saturated carbocycles. The van der Waals surface area contributed by atoms with Crippen LogP contribution in [0, 0.1) is 0 Å². The van der Waals surface area contributed by atoms with Gasteiger partial charge in [0.05, 0.1) is 6.04 Å². The summed E-state index contributed by atoms with van der Waals surface area (Å²) in [6, 6.07) is 0.611. The molecule has 0 fully saturated rings. The summed E-state index contributed by atoms with van der Waals surface area (Å²) in [5.41, 5.74) is 6.07. The molecule has 0 aromatic heterocycles. The first-order valence-corrected chi connectivity index (χ1v) is 3.83. The highest BCUT2D eigenvalue weighted by atomic mass is 15.5. The Bertz CT molecular complexity index is 161. The maximum absolute atomic E-state index is 3.28. The highest BCUT2D eigenvalue weighted by molar-refractivity contribution is 5.18. The Labute approximate surface area is 62.9 Å². The standard InChI is InChI=1S/C8H16N2/c1-5-8-6(2)7(3)9-10(8)4/h8-9H,5H2,1-4H3. The van der Waals surface area contributed by atoms with Crippen molar-refractivity contribution in [1.82, 2.24) is 10.4 Å². The van der Waals surface area contributed by atoms with Crippen molar-refractivity contribution in [3.8, 4) is 0 Å². The molecule has 2 nitrogen and oxygen atoms in total. The van der Waals surface area contributed by atoms with Crippen molar-refractivity contribution < 1.29 is 0 Å². The van der Waals surface area contributed by atoms with Crippen LogP contribution in [0.15, 0.2) is 11.3 Å². The number of hydrazine groups is 1. The van der Waals surface area contributed by atoms with Gasteiger partial charge in [0.2, 0.25) is 0 Å². The third-order valence-corrected chi connectivity index (χ3v) is 2.29. The van der Waals surface area contributed by atoms with Gasteiger partial charge in [-0.05, 0) is 25.8 Å². The summed E-state index contributed by atoms with van der Waals surface area (Å²) in [6.07, 6.45) is 1.19. The molecule has 1 N–H and O–H groups in total. The summed E-state index contributed by atoms with van der Waals surface area (Å²) in [5, 5.41) is 2.17. The van der Waals surface area contributed by atoms with E-state index in [9.17, 15) is 0 Å². The van der Waals surface area contributed by atoms with Crippen molar-refractivity contribution in [3.05, 3.63) is 11.3 Å². The lowest BCUT2D eigenvalue weighted by Gasteiger charge is -2.19. The van der Waals surface area contributed by atoms with Crippen LogP contribution in [-0.4, -0.2) is 18.1 Å². The van der Waals surface area contributed by atoms with Crippen LogP contribution in [0.4, 0.5) is 0 Å². The molecule has 0 bridgehead atoms. The van der Waals surface area contributed by atoms with E-state index in [1.807, 2.05) is 0 Å². The predicted octanol–water partition coefficient (Wildman–Crippen LogP) is 1.51. The fourth-order valence-electron chi connectivity index (χ4n) is 1.55. The lowest BCUT2D eigenvalue weighted by Crippen LogP contribution is -2.34. The molecule has 0 amide bonds. The molecule has 0 aromatic carbocycles. The maximum atomic E-state index is 3.28. The second-order valence-corrected chi connectivity index (χ2v) is 2.95. The van der Waals surface area contributed by atoms with E-state index in [2.05, 4.69) is 38.3 Å². The minimum atomic E-state index is 0.611. The summed E-state index contributed by atoms with van der Waals surface area (Å²) < 4.78 is 0. The molecule has 1 aliphatic rings. The lowest BCUT2D eigenvalue weighted by atomic mass is 10.1. The minimum absolute atomic E-state index is 0.611. The SMILES string of the molecule is CCC1C(C)=C(C)NN1C. The number of likely N-dealkylation sites (N-methyl/N-ethyl adjacent to an activating group) is 1. The zero-order valence-electron chi connectivity index (χ0n) is 7.23. The van der Waals surface area contributed by atoms with E-state index in [1.165, 1.54) is 17.7 Å². The second kappa shape index (κ2) is 2.62. The fourth-order valence-corrected chi connectivity index (χ4v) is 1.55. The summed E-state index contributed by atoms with van der Waals surface area (Å²) >= 11 is 0. The number of hydrogen-bond donors (Lipinski definition) is 1. The molecule has 0 aliphatic carbocycles. The molecule has 0 aromatic rings. The zero-order valence-corrected chi connectivity index (χ0v) is 7.23. The van der Waals surface area contributed by atoms with Crippen LogP contribution in [-0.2, 0) is 0 Å². The molecule has 1 heterocycles. The molecule has 0 radical (unpaired) electrons. The fraction of sp³-hybridized carbons (Fsp3) is 0.750. The summed E-state index contributed by atoms with van der Waals surface area (Å²) in [5.74, 6) is 0. The zero-order chi connectivity index (χ0) is 7.72. The van der Waals surface area contributed by atoms with E-state index in [0.29, 0.717) is 6.04 Å². The van der Waals surface area contributed by atoms with Gasteiger partial charge in [-0.25, -0.2) is 5.01 Å². The van der Waals surface area contributed by atoms with Gasteiger partial charge in [-0.3, -0.25) is 0 Å². The van der Waals surface area contributed by atoms with Gasteiger partial charge in [-0.15, -0.1) is 0 Å². The number of allylic oxidation sites excluding steroid dienone is 1. The molecule has 1 atom stereocenters. The minimum Gasteiger partial charge on any atom is -0.323 e. The van der Waals surface area contributed by atoms with E-state index in [0.717, 1.165) is 0 Å². The Hall–Kier alpha value is -0.500. The van der Waals surface area contributed by atoms with Crippen molar-refractivity contribution in [2.24, 2.45) is 0 Å².